The molecule has 0 radical (unpaired) electrons. The van der Waals surface area contributed by atoms with E-state index in [0.29, 0.717) is 16.9 Å². The monoisotopic (exact) mass is 712 g/mol. The van der Waals surface area contributed by atoms with Crippen LogP contribution in [0.1, 0.15) is 41.0 Å². The van der Waals surface area contributed by atoms with Crippen LogP contribution in [0.3, 0.4) is 0 Å². The van der Waals surface area contributed by atoms with Gasteiger partial charge in [0.15, 0.2) is 5.78 Å². The van der Waals surface area contributed by atoms with Crippen molar-refractivity contribution >= 4 is 52.4 Å². The molecule has 0 saturated carbocycles. The van der Waals surface area contributed by atoms with Gasteiger partial charge in [-0.25, -0.2) is 4.98 Å². The fraction of sp³-hybridized carbons (Fsp3) is 0.324. The van der Waals surface area contributed by atoms with Gasteiger partial charge in [-0.3, -0.25) is 28.8 Å². The quantitative estimate of drug-likeness (QED) is 0.181. The van der Waals surface area contributed by atoms with Crippen molar-refractivity contribution in [3.8, 4) is 0 Å². The van der Waals surface area contributed by atoms with Crippen LogP contribution in [-0.4, -0.2) is 68.2 Å². The number of aromatic nitrogens is 2. The van der Waals surface area contributed by atoms with Gasteiger partial charge in [0, 0.05) is 55.9 Å². The number of amides is 4. The van der Waals surface area contributed by atoms with E-state index in [9.17, 15) is 33.9 Å². The Labute approximate surface area is 298 Å². The largest absolute Gasteiger partial charge is 0.481 e. The molecule has 5 N–H and O–H groups in total. The van der Waals surface area contributed by atoms with Gasteiger partial charge in [0.2, 0.25) is 23.6 Å². The zero-order valence-electron chi connectivity index (χ0n) is 28.0. The molecule has 14 heteroatoms. The third-order valence-corrected chi connectivity index (χ3v) is 9.42. The molecule has 2 aliphatic rings. The van der Waals surface area contributed by atoms with Crippen LogP contribution < -0.4 is 21.3 Å². The van der Waals surface area contributed by atoms with E-state index in [-0.39, 0.29) is 44.9 Å². The summed E-state index contributed by atoms with van der Waals surface area (Å²) >= 11 is 1.40. The van der Waals surface area contributed by atoms with E-state index in [0.717, 1.165) is 10.4 Å². The minimum absolute atomic E-state index is 0.0297. The molecule has 2 aromatic carbocycles. The lowest BCUT2D eigenvalue weighted by molar-refractivity contribution is -0.144. The van der Waals surface area contributed by atoms with Crippen molar-refractivity contribution in [1.29, 1.82) is 0 Å². The van der Waals surface area contributed by atoms with E-state index in [1.807, 2.05) is 23.6 Å². The average Bonchev–Trinajstić information content (AvgIpc) is 3.78. The van der Waals surface area contributed by atoms with Gasteiger partial charge in [-0.2, -0.15) is 0 Å². The van der Waals surface area contributed by atoms with Gasteiger partial charge in [-0.1, -0.05) is 48.5 Å². The van der Waals surface area contributed by atoms with Crippen molar-refractivity contribution in [2.45, 2.75) is 63.1 Å². The summed E-state index contributed by atoms with van der Waals surface area (Å²) in [7, 11) is 1.76. The number of anilines is 1. The third-order valence-electron chi connectivity index (χ3n) is 8.53. The molecular weight excluding hydrogens is 673 g/mol. The molecule has 4 aromatic rings. The molecule has 0 saturated heterocycles. The maximum atomic E-state index is 14.1. The number of carboxylic acid groups (broad SMARTS) is 1. The number of carboxylic acids is 1. The molecule has 2 bridgehead atoms. The number of benzene rings is 2. The minimum Gasteiger partial charge on any atom is -0.481 e. The highest BCUT2D eigenvalue weighted by atomic mass is 32.1. The Bertz CT molecular complexity index is 1840. The second-order valence-electron chi connectivity index (χ2n) is 12.6. The molecule has 2 aromatic heterocycles. The zero-order chi connectivity index (χ0) is 36.3. The maximum absolute atomic E-state index is 14.1. The van der Waals surface area contributed by atoms with Crippen LogP contribution in [0.5, 0.6) is 0 Å². The molecule has 6 rings (SSSR count). The first-order chi connectivity index (χ1) is 24.5. The molecule has 2 aliphatic heterocycles. The summed E-state index contributed by atoms with van der Waals surface area (Å²) in [5.41, 5.74) is 2.33. The smallest absolute Gasteiger partial charge is 0.307 e. The predicted octanol–water partition coefficient (Wildman–Crippen LogP) is 2.60. The van der Waals surface area contributed by atoms with Crippen LogP contribution in [0.2, 0.25) is 0 Å². The summed E-state index contributed by atoms with van der Waals surface area (Å²) in [6.07, 6.45) is 2.77. The second kappa shape index (κ2) is 17.3. The minimum atomic E-state index is -1.21. The number of carbonyl (C=O) groups is 6. The van der Waals surface area contributed by atoms with Gasteiger partial charge in [0.05, 0.1) is 24.0 Å². The highest BCUT2D eigenvalue weighted by Gasteiger charge is 2.33. The van der Waals surface area contributed by atoms with Crippen molar-refractivity contribution in [2.75, 3.05) is 5.32 Å². The Kier molecular flexibility index (Phi) is 12.5. The van der Waals surface area contributed by atoms with Crippen LogP contribution >= 0.6 is 11.3 Å². The molecular formula is C37H40N6O7S. The van der Waals surface area contributed by atoms with E-state index < -0.39 is 59.4 Å². The van der Waals surface area contributed by atoms with E-state index in [4.69, 9.17) is 0 Å². The number of fused-ring (bicyclic) bond motifs is 18. The number of Topliss-reactive ketones (excluding diaryl/α,β-unsaturated/α-hetero) is 1. The average molecular weight is 713 g/mol. The molecule has 4 atom stereocenters. The fourth-order valence-electron chi connectivity index (χ4n) is 5.83. The molecule has 4 heterocycles. The van der Waals surface area contributed by atoms with Crippen molar-refractivity contribution in [3.63, 3.8) is 0 Å². The lowest BCUT2D eigenvalue weighted by Gasteiger charge is -2.25. The van der Waals surface area contributed by atoms with E-state index in [2.05, 4.69) is 26.3 Å². The van der Waals surface area contributed by atoms with Gasteiger partial charge in [0.25, 0.3) is 0 Å². The normalized spacial score (nSPS) is 21.2. The highest BCUT2D eigenvalue weighted by Crippen LogP contribution is 2.19. The van der Waals surface area contributed by atoms with E-state index >= 15 is 0 Å². The Hall–Kier alpha value is -5.63. The second-order valence-corrected chi connectivity index (χ2v) is 13.6. The molecule has 266 valence electrons. The topological polar surface area (TPSA) is 189 Å². The Morgan fingerprint density at radius 1 is 0.804 bits per heavy atom. The highest BCUT2D eigenvalue weighted by molar-refractivity contribution is 7.09. The third kappa shape index (κ3) is 10.9. The lowest BCUT2D eigenvalue weighted by Crippen LogP contribution is -2.57. The predicted molar refractivity (Wildman–Crippen MR) is 190 cm³/mol. The van der Waals surface area contributed by atoms with Gasteiger partial charge < -0.3 is 30.9 Å². The van der Waals surface area contributed by atoms with Crippen LogP contribution in [-0.2, 0) is 61.5 Å². The first-order valence-corrected chi connectivity index (χ1v) is 17.5. The zero-order valence-corrected chi connectivity index (χ0v) is 28.9. The first-order valence-electron chi connectivity index (χ1n) is 16.6. The molecule has 4 amide bonds. The fourth-order valence-corrected chi connectivity index (χ4v) is 6.58. The molecule has 0 aliphatic carbocycles. The maximum Gasteiger partial charge on any atom is 0.307 e. The van der Waals surface area contributed by atoms with Crippen molar-refractivity contribution in [2.24, 2.45) is 13.0 Å². The number of hydrogen-bond donors (Lipinski definition) is 5. The van der Waals surface area contributed by atoms with Gasteiger partial charge >= 0.3 is 5.97 Å². The first kappa shape index (κ1) is 36.6. The van der Waals surface area contributed by atoms with Gasteiger partial charge in [-0.15, -0.1) is 11.3 Å². The molecule has 13 nitrogen and oxygen atoms in total. The van der Waals surface area contributed by atoms with Crippen LogP contribution in [0.4, 0.5) is 5.69 Å². The standard InChI is InChI=1S/C37H40N6O7S/c1-43-21-27(38-22-43)19-30-35(47)41-29(17-23-6-3-2-4-7-23)32(44)18-25(37(49)50)16-24-9-11-26(12-10-24)39-33(45)13-14-34(46)40-31(36(48)42-30)20-28-8-5-15-51-28/h2-12,15,21-22,25,29-31H,13-14,16-20H2,1H3,(H,39,45)(H,40,46)(H,41,47)(H,42,48)(H,49,50)/t25-,29-,30+,31-/m1/s1. The Morgan fingerprint density at radius 2 is 1.49 bits per heavy atom. The van der Waals surface area contributed by atoms with E-state index in [1.54, 1.807) is 72.7 Å². The molecule has 51 heavy (non-hydrogen) atoms. The summed E-state index contributed by atoms with van der Waals surface area (Å²) in [6, 6.07) is 15.8. The van der Waals surface area contributed by atoms with Crippen LogP contribution in [0.15, 0.2) is 84.6 Å². The van der Waals surface area contributed by atoms with E-state index in [1.165, 1.54) is 11.3 Å². The van der Waals surface area contributed by atoms with Crippen molar-refractivity contribution < 1.29 is 33.9 Å². The van der Waals surface area contributed by atoms with Crippen LogP contribution in [0, 0.1) is 5.92 Å². The number of thiophene rings is 1. The molecule has 0 spiro atoms. The number of aliphatic carboxylic acids is 1. The summed E-state index contributed by atoms with van der Waals surface area (Å²) < 4.78 is 1.69. The van der Waals surface area contributed by atoms with Crippen molar-refractivity contribution in [1.82, 2.24) is 25.5 Å². The summed E-state index contributed by atoms with van der Waals surface area (Å²) in [6.45, 7) is 0. The number of aryl methyl sites for hydroxylation is 1. The number of imidazole rings is 1. The number of nitrogens with zero attached hydrogens (tertiary/aromatic N) is 2. The van der Waals surface area contributed by atoms with Gasteiger partial charge in [0.1, 0.15) is 12.1 Å². The SMILES string of the molecule is Cn1cnc(C[C@@H]2NC(=O)[C@@H](Cc3cccs3)NC(=O)CCC(=O)Nc3ccc(cc3)C[C@@H](C(=O)O)CC(=O)[C@@H](Cc3ccccc3)NC2=O)c1. The number of rotatable bonds is 7. The summed E-state index contributed by atoms with van der Waals surface area (Å²) in [5, 5.41) is 23.0. The van der Waals surface area contributed by atoms with Crippen molar-refractivity contribution in [3.05, 3.63) is 106 Å². The Balaban J connectivity index is 1.49. The molecule has 0 fully saturated rings. The number of carbonyl (C=O) groups excluding carboxylic acids is 5. The van der Waals surface area contributed by atoms with Gasteiger partial charge in [-0.05, 0) is 47.5 Å². The lowest BCUT2D eigenvalue weighted by atomic mass is 9.90. The molecule has 0 unspecified atom stereocenters. The Morgan fingerprint density at radius 3 is 2.14 bits per heavy atom. The summed E-state index contributed by atoms with van der Waals surface area (Å²) in [5.74, 6) is -5.01. The number of nitrogens with one attached hydrogen (secondary N) is 4. The number of ketones is 1. The number of hydrogen-bond acceptors (Lipinski definition) is 8. The summed E-state index contributed by atoms with van der Waals surface area (Å²) in [4.78, 5) is 85.2. The van der Waals surface area contributed by atoms with Crippen LogP contribution in [0.25, 0.3) is 0 Å².